The molecule has 2 fully saturated rings. The van der Waals surface area contributed by atoms with Gasteiger partial charge in [0.05, 0.1) is 5.92 Å². The molecule has 0 aromatic heterocycles. The minimum absolute atomic E-state index is 0.00524. The van der Waals surface area contributed by atoms with Crippen LogP contribution in [-0.2, 0) is 15.0 Å². The third kappa shape index (κ3) is 5.65. The molecule has 2 aliphatic rings. The van der Waals surface area contributed by atoms with Crippen LogP contribution in [0.2, 0.25) is 0 Å². The first-order valence-corrected chi connectivity index (χ1v) is 11.4. The Morgan fingerprint density at radius 2 is 1.92 bits per heavy atom. The Bertz CT molecular complexity index is 553. The Labute approximate surface area is 159 Å². The molecule has 0 bridgehead atoms. The molecule has 1 N–H and O–H groups in total. The summed E-state index contributed by atoms with van der Waals surface area (Å²) in [4.78, 5) is 15.0. The smallest absolute Gasteiger partial charge is 0.281 e. The Hall–Kier alpha value is -0.700. The number of likely N-dealkylation sites (tertiary alicyclic amines) is 1. The van der Waals surface area contributed by atoms with Gasteiger partial charge >= 0.3 is 0 Å². The molecule has 2 aliphatic heterocycles. The summed E-state index contributed by atoms with van der Waals surface area (Å²) in [6.07, 6.45) is 7.55. The van der Waals surface area contributed by atoms with Gasteiger partial charge in [-0.2, -0.15) is 17.0 Å². The molecule has 2 heterocycles. The second-order valence-corrected chi connectivity index (χ2v) is 9.87. The fraction of sp³-hybridized carbons (Fsp3) is 0.944. The lowest BCUT2D eigenvalue weighted by molar-refractivity contribution is -0.126. The van der Waals surface area contributed by atoms with E-state index in [1.807, 2.05) is 0 Å². The van der Waals surface area contributed by atoms with Crippen LogP contribution in [0.1, 0.15) is 51.9 Å². The minimum atomic E-state index is -3.44. The maximum atomic E-state index is 12.5. The predicted octanol–water partition coefficient (Wildman–Crippen LogP) is 1.28. The Balaban J connectivity index is 1.74. The third-order valence-electron chi connectivity index (χ3n) is 5.68. The van der Waals surface area contributed by atoms with Crippen molar-refractivity contribution in [2.75, 3.05) is 46.8 Å². The summed E-state index contributed by atoms with van der Waals surface area (Å²) >= 11 is 0. The summed E-state index contributed by atoms with van der Waals surface area (Å²) in [6, 6.07) is 0.697. The predicted molar refractivity (Wildman–Crippen MR) is 104 cm³/mol. The summed E-state index contributed by atoms with van der Waals surface area (Å²) in [5.74, 6) is -0.244. The third-order valence-corrected chi connectivity index (χ3v) is 7.59. The van der Waals surface area contributed by atoms with Gasteiger partial charge in [0, 0.05) is 46.3 Å². The summed E-state index contributed by atoms with van der Waals surface area (Å²) in [5.41, 5.74) is 0. The molecule has 7 nitrogen and oxygen atoms in total. The van der Waals surface area contributed by atoms with Crippen molar-refractivity contribution in [2.45, 2.75) is 57.9 Å². The maximum Gasteiger partial charge on any atom is 0.281 e. The van der Waals surface area contributed by atoms with Crippen molar-refractivity contribution >= 4 is 16.1 Å². The van der Waals surface area contributed by atoms with Crippen LogP contribution in [0.25, 0.3) is 0 Å². The molecule has 26 heavy (non-hydrogen) atoms. The minimum Gasteiger partial charge on any atom is -0.356 e. The molecule has 0 aromatic carbocycles. The lowest BCUT2D eigenvalue weighted by Crippen LogP contribution is -2.49. The zero-order valence-corrected chi connectivity index (χ0v) is 17.4. The van der Waals surface area contributed by atoms with E-state index in [-0.39, 0.29) is 18.4 Å². The quantitative estimate of drug-likeness (QED) is 0.636. The number of hydrogen-bond acceptors (Lipinski definition) is 4. The van der Waals surface area contributed by atoms with Gasteiger partial charge < -0.3 is 10.2 Å². The molecule has 0 aliphatic carbocycles. The fourth-order valence-electron chi connectivity index (χ4n) is 4.05. The van der Waals surface area contributed by atoms with E-state index in [2.05, 4.69) is 17.1 Å². The number of amides is 1. The largest absolute Gasteiger partial charge is 0.356 e. The molecule has 1 amide bonds. The van der Waals surface area contributed by atoms with Gasteiger partial charge in [-0.1, -0.05) is 13.3 Å². The SMILES string of the molecule is CC[C@H]1CCCCN1CCCNC(=O)[C@H]1CCCN(S(=O)(=O)N(C)C)C1. The van der Waals surface area contributed by atoms with Crippen molar-refractivity contribution in [3.05, 3.63) is 0 Å². The molecule has 0 saturated carbocycles. The topological polar surface area (TPSA) is 73.0 Å². The Kier molecular flexibility index (Phi) is 8.32. The van der Waals surface area contributed by atoms with Gasteiger partial charge in [0.2, 0.25) is 5.91 Å². The highest BCUT2D eigenvalue weighted by atomic mass is 32.2. The average Bonchev–Trinajstić information content (AvgIpc) is 2.65. The van der Waals surface area contributed by atoms with Gasteiger partial charge in [0.15, 0.2) is 0 Å². The molecular weight excluding hydrogens is 352 g/mol. The summed E-state index contributed by atoms with van der Waals surface area (Å²) in [6.45, 7) is 5.91. The number of hydrogen-bond donors (Lipinski definition) is 1. The molecule has 0 radical (unpaired) electrons. The highest BCUT2D eigenvalue weighted by Crippen LogP contribution is 2.21. The van der Waals surface area contributed by atoms with E-state index in [0.717, 1.165) is 25.8 Å². The first-order valence-electron chi connectivity index (χ1n) is 10.1. The van der Waals surface area contributed by atoms with Gasteiger partial charge in [0.25, 0.3) is 10.2 Å². The number of carbonyl (C=O) groups is 1. The summed E-state index contributed by atoms with van der Waals surface area (Å²) in [5, 5.41) is 3.03. The molecule has 2 atom stereocenters. The van der Waals surface area contributed by atoms with E-state index in [9.17, 15) is 13.2 Å². The van der Waals surface area contributed by atoms with Gasteiger partial charge in [0.1, 0.15) is 0 Å². The zero-order chi connectivity index (χ0) is 19.2. The highest BCUT2D eigenvalue weighted by Gasteiger charge is 2.33. The number of rotatable bonds is 8. The molecule has 0 aromatic rings. The van der Waals surface area contributed by atoms with Crippen LogP contribution in [0.15, 0.2) is 0 Å². The van der Waals surface area contributed by atoms with Crippen molar-refractivity contribution in [1.82, 2.24) is 18.8 Å². The second-order valence-electron chi connectivity index (χ2n) is 7.73. The van der Waals surface area contributed by atoms with E-state index < -0.39 is 10.2 Å². The first-order chi connectivity index (χ1) is 12.4. The fourth-order valence-corrected chi connectivity index (χ4v) is 5.24. The van der Waals surface area contributed by atoms with E-state index in [0.29, 0.717) is 19.1 Å². The van der Waals surface area contributed by atoms with Crippen LogP contribution >= 0.6 is 0 Å². The molecule has 2 rings (SSSR count). The van der Waals surface area contributed by atoms with Crippen LogP contribution in [0.5, 0.6) is 0 Å². The van der Waals surface area contributed by atoms with Gasteiger partial charge in [-0.05, 0) is 45.1 Å². The van der Waals surface area contributed by atoms with Crippen molar-refractivity contribution in [3.8, 4) is 0 Å². The van der Waals surface area contributed by atoms with E-state index in [4.69, 9.17) is 0 Å². The number of carbonyl (C=O) groups excluding carboxylic acids is 1. The van der Waals surface area contributed by atoms with Gasteiger partial charge in [-0.15, -0.1) is 0 Å². The molecule has 2 saturated heterocycles. The molecular formula is C18H36N4O3S. The Morgan fingerprint density at radius 3 is 2.62 bits per heavy atom. The summed E-state index contributed by atoms with van der Waals surface area (Å²) < 4.78 is 27.2. The molecule has 8 heteroatoms. The van der Waals surface area contributed by atoms with Crippen molar-refractivity contribution < 1.29 is 13.2 Å². The monoisotopic (exact) mass is 388 g/mol. The van der Waals surface area contributed by atoms with E-state index in [1.165, 1.54) is 54.9 Å². The lowest BCUT2D eigenvalue weighted by Gasteiger charge is -2.35. The van der Waals surface area contributed by atoms with Gasteiger partial charge in [-0.3, -0.25) is 4.79 Å². The average molecular weight is 389 g/mol. The normalized spacial score (nSPS) is 26.2. The first kappa shape index (κ1) is 21.6. The highest BCUT2D eigenvalue weighted by molar-refractivity contribution is 7.86. The van der Waals surface area contributed by atoms with Crippen LogP contribution in [0.4, 0.5) is 0 Å². The number of nitrogens with one attached hydrogen (secondary N) is 1. The van der Waals surface area contributed by atoms with Crippen LogP contribution < -0.4 is 5.32 Å². The van der Waals surface area contributed by atoms with E-state index in [1.54, 1.807) is 0 Å². The molecule has 0 spiro atoms. The van der Waals surface area contributed by atoms with Gasteiger partial charge in [-0.25, -0.2) is 0 Å². The number of nitrogens with zero attached hydrogens (tertiary/aromatic N) is 3. The zero-order valence-electron chi connectivity index (χ0n) is 16.6. The maximum absolute atomic E-state index is 12.5. The summed E-state index contributed by atoms with van der Waals surface area (Å²) in [7, 11) is -0.373. The van der Waals surface area contributed by atoms with Crippen molar-refractivity contribution in [1.29, 1.82) is 0 Å². The van der Waals surface area contributed by atoms with Crippen LogP contribution in [-0.4, -0.2) is 80.7 Å². The van der Waals surface area contributed by atoms with Crippen molar-refractivity contribution in [3.63, 3.8) is 0 Å². The Morgan fingerprint density at radius 1 is 1.15 bits per heavy atom. The van der Waals surface area contributed by atoms with Crippen LogP contribution in [0, 0.1) is 5.92 Å². The van der Waals surface area contributed by atoms with Crippen LogP contribution in [0.3, 0.4) is 0 Å². The standard InChI is InChI=1S/C18H36N4O3S/c1-4-17-10-5-6-12-21(17)13-8-11-19-18(23)16-9-7-14-22(15-16)26(24,25)20(2)3/h16-17H,4-15H2,1-3H3,(H,19,23)/t16-,17-/m0/s1. The van der Waals surface area contributed by atoms with E-state index >= 15 is 0 Å². The number of piperidine rings is 2. The molecule has 0 unspecified atom stereocenters. The second kappa shape index (κ2) is 10.0. The lowest BCUT2D eigenvalue weighted by atomic mass is 9.98. The molecule has 152 valence electrons. The van der Waals surface area contributed by atoms with Crippen molar-refractivity contribution in [2.24, 2.45) is 5.92 Å².